The number of benzene rings is 1. The molecule has 4 amide bonds. The molecule has 3 fully saturated rings. The smallest absolute Gasteiger partial charge is 0.419 e. The maximum atomic E-state index is 14.2. The summed E-state index contributed by atoms with van der Waals surface area (Å²) in [4.78, 5) is 56.9. The second-order valence-corrected chi connectivity index (χ2v) is 14.0. The Labute approximate surface area is 312 Å². The van der Waals surface area contributed by atoms with Crippen LogP contribution in [0.25, 0.3) is 11.4 Å². The molecule has 1 aromatic carbocycles. The zero-order valence-electron chi connectivity index (χ0n) is 29.5. The van der Waals surface area contributed by atoms with Crippen LogP contribution < -0.4 is 4.74 Å². The number of ether oxygens (including phenoxy) is 2. The number of piperidine rings is 1. The van der Waals surface area contributed by atoms with E-state index >= 15 is 0 Å². The van der Waals surface area contributed by atoms with E-state index in [1.807, 2.05) is 0 Å². The molecule has 22 heteroatoms. The zero-order chi connectivity index (χ0) is 40.7. The number of carbonyl (C=O) groups is 3. The first-order valence-corrected chi connectivity index (χ1v) is 17.3. The van der Waals surface area contributed by atoms with E-state index in [9.17, 15) is 53.9 Å². The van der Waals surface area contributed by atoms with E-state index < -0.39 is 77.3 Å². The molecule has 3 saturated heterocycles. The molecule has 0 bridgehead atoms. The summed E-state index contributed by atoms with van der Waals surface area (Å²) in [7, 11) is 0. The van der Waals surface area contributed by atoms with Gasteiger partial charge in [0.05, 0.1) is 11.1 Å². The molecule has 3 aromatic rings. The van der Waals surface area contributed by atoms with Crippen molar-refractivity contribution >= 4 is 17.8 Å². The standard InChI is InChI=1S/C34H34F9N7O6/c1-30(33(38,39)40,34(41,42)43)18-55-24-3-2-21(14-23(24)32(35,36)37)26-46-25(56-47-26)17-49-28(52)31(50(29(49)53)9-4-20-5-12-54-13-6-20)7-10-48(11-8-31)27(51)22-15-44-19-45-16-22/h2-3,14-16,19-20H,4-13,17-18H2,1H3. The van der Waals surface area contributed by atoms with E-state index in [0.29, 0.717) is 31.8 Å². The number of hydrogen-bond donors (Lipinski definition) is 0. The fraction of sp³-hybridized carbons (Fsp3) is 0.559. The summed E-state index contributed by atoms with van der Waals surface area (Å²) in [6.45, 7) is -1.44. The van der Waals surface area contributed by atoms with Crippen LogP contribution in [0.1, 0.15) is 60.8 Å². The Hall–Kier alpha value is -5.02. The Morgan fingerprint density at radius 1 is 0.964 bits per heavy atom. The Morgan fingerprint density at radius 3 is 2.21 bits per heavy atom. The van der Waals surface area contributed by atoms with E-state index in [0.717, 1.165) is 23.8 Å². The highest BCUT2D eigenvalue weighted by Crippen LogP contribution is 2.51. The minimum absolute atomic E-state index is 0.0933. The molecule has 6 rings (SSSR count). The molecule has 0 aliphatic carbocycles. The normalized spacial score (nSPS) is 18.6. The van der Waals surface area contributed by atoms with E-state index in [1.54, 1.807) is 0 Å². The van der Waals surface area contributed by atoms with Crippen LogP contribution in [0.5, 0.6) is 5.75 Å². The van der Waals surface area contributed by atoms with Crippen molar-refractivity contribution in [2.75, 3.05) is 39.5 Å². The molecule has 5 heterocycles. The van der Waals surface area contributed by atoms with Gasteiger partial charge in [-0.25, -0.2) is 14.8 Å². The fourth-order valence-corrected chi connectivity index (χ4v) is 6.87. The Kier molecular flexibility index (Phi) is 11.0. The molecule has 0 N–H and O–H groups in total. The van der Waals surface area contributed by atoms with Crippen LogP contribution in [0.4, 0.5) is 44.3 Å². The monoisotopic (exact) mass is 807 g/mol. The zero-order valence-corrected chi connectivity index (χ0v) is 29.5. The molecule has 1 spiro atoms. The summed E-state index contributed by atoms with van der Waals surface area (Å²) < 4.78 is 137. The van der Waals surface area contributed by atoms with E-state index in [1.165, 1.54) is 28.5 Å². The first-order valence-electron chi connectivity index (χ1n) is 17.3. The van der Waals surface area contributed by atoms with Gasteiger partial charge in [0, 0.05) is 50.8 Å². The van der Waals surface area contributed by atoms with Crippen molar-refractivity contribution in [3.8, 4) is 17.1 Å². The highest BCUT2D eigenvalue weighted by Gasteiger charge is 2.68. The number of nitrogens with zero attached hydrogens (tertiary/aromatic N) is 7. The number of likely N-dealkylation sites (tertiary alicyclic amines) is 1. The van der Waals surface area contributed by atoms with Crippen molar-refractivity contribution in [1.82, 2.24) is 34.8 Å². The Bertz CT molecular complexity index is 1890. The molecular weight excluding hydrogens is 773 g/mol. The molecule has 2 aromatic heterocycles. The van der Waals surface area contributed by atoms with Crippen LogP contribution in [0.2, 0.25) is 0 Å². The van der Waals surface area contributed by atoms with Gasteiger partial charge >= 0.3 is 24.6 Å². The molecule has 3 aliphatic rings. The molecule has 304 valence electrons. The van der Waals surface area contributed by atoms with Gasteiger partial charge in [-0.2, -0.15) is 44.5 Å². The van der Waals surface area contributed by atoms with Gasteiger partial charge in [0.25, 0.3) is 11.8 Å². The van der Waals surface area contributed by atoms with Gasteiger partial charge < -0.3 is 23.8 Å². The van der Waals surface area contributed by atoms with Gasteiger partial charge in [-0.05, 0) is 63.1 Å². The van der Waals surface area contributed by atoms with Gasteiger partial charge in [0.2, 0.25) is 11.7 Å². The van der Waals surface area contributed by atoms with E-state index in [2.05, 4.69) is 24.8 Å². The Morgan fingerprint density at radius 2 is 1.61 bits per heavy atom. The quantitative estimate of drug-likeness (QED) is 0.169. The first kappa shape index (κ1) is 40.6. The Balaban J connectivity index is 1.21. The lowest BCUT2D eigenvalue weighted by molar-refractivity contribution is -0.340. The number of amides is 4. The molecule has 13 nitrogen and oxygen atoms in total. The van der Waals surface area contributed by atoms with Crippen LogP contribution in [0, 0.1) is 11.3 Å². The van der Waals surface area contributed by atoms with E-state index in [-0.39, 0.29) is 62.7 Å². The highest BCUT2D eigenvalue weighted by atomic mass is 19.4. The lowest BCUT2D eigenvalue weighted by atomic mass is 9.85. The predicted molar refractivity (Wildman–Crippen MR) is 171 cm³/mol. The van der Waals surface area contributed by atoms with Crippen LogP contribution in [-0.4, -0.2) is 110 Å². The van der Waals surface area contributed by atoms with Crippen LogP contribution >= 0.6 is 0 Å². The fourth-order valence-electron chi connectivity index (χ4n) is 6.87. The number of alkyl halides is 9. The minimum atomic E-state index is -5.90. The second kappa shape index (κ2) is 15.1. The number of urea groups is 1. The summed E-state index contributed by atoms with van der Waals surface area (Å²) in [6, 6.07) is 1.08. The van der Waals surface area contributed by atoms with Crippen LogP contribution in [0.15, 0.2) is 41.4 Å². The van der Waals surface area contributed by atoms with Gasteiger partial charge in [-0.15, -0.1) is 0 Å². The molecule has 0 unspecified atom stereocenters. The van der Waals surface area contributed by atoms with Gasteiger partial charge in [-0.1, -0.05) is 5.16 Å². The van der Waals surface area contributed by atoms with Crippen molar-refractivity contribution in [3.63, 3.8) is 0 Å². The molecule has 56 heavy (non-hydrogen) atoms. The number of rotatable bonds is 10. The third kappa shape index (κ3) is 7.83. The summed E-state index contributed by atoms with van der Waals surface area (Å²) in [6.07, 6.45) is -10.8. The maximum Gasteiger partial charge on any atom is 0.419 e. The first-order chi connectivity index (χ1) is 26.2. The molecule has 0 atom stereocenters. The van der Waals surface area contributed by atoms with Crippen molar-refractivity contribution in [2.24, 2.45) is 11.3 Å². The number of imide groups is 1. The third-order valence-corrected chi connectivity index (χ3v) is 10.5. The average Bonchev–Trinajstić information content (AvgIpc) is 3.70. The minimum Gasteiger partial charge on any atom is -0.492 e. The van der Waals surface area contributed by atoms with E-state index in [4.69, 9.17) is 9.26 Å². The largest absolute Gasteiger partial charge is 0.492 e. The van der Waals surface area contributed by atoms with Crippen LogP contribution in [0.3, 0.4) is 0 Å². The summed E-state index contributed by atoms with van der Waals surface area (Å²) in [5.74, 6) is -2.89. The maximum absolute atomic E-state index is 14.2. The lowest BCUT2D eigenvalue weighted by Crippen LogP contribution is -2.57. The number of halogens is 9. The van der Waals surface area contributed by atoms with Crippen molar-refractivity contribution in [2.45, 2.75) is 69.6 Å². The van der Waals surface area contributed by atoms with Crippen molar-refractivity contribution in [1.29, 1.82) is 0 Å². The summed E-state index contributed by atoms with van der Waals surface area (Å²) in [5, 5.41) is 3.64. The van der Waals surface area contributed by atoms with Gasteiger partial charge in [-0.3, -0.25) is 14.5 Å². The third-order valence-electron chi connectivity index (χ3n) is 10.5. The molecule has 3 aliphatic heterocycles. The topological polar surface area (TPSA) is 144 Å². The number of carbonyl (C=O) groups excluding carboxylic acids is 3. The molecule has 0 radical (unpaired) electrons. The average molecular weight is 808 g/mol. The number of aromatic nitrogens is 4. The lowest BCUT2D eigenvalue weighted by Gasteiger charge is -2.42. The highest BCUT2D eigenvalue weighted by molar-refractivity contribution is 6.07. The van der Waals surface area contributed by atoms with Gasteiger partial charge in [0.1, 0.15) is 30.8 Å². The van der Waals surface area contributed by atoms with Crippen LogP contribution in [-0.2, 0) is 22.3 Å². The van der Waals surface area contributed by atoms with Gasteiger partial charge in [0.15, 0.2) is 5.41 Å². The predicted octanol–water partition coefficient (Wildman–Crippen LogP) is 6.31. The van der Waals surface area contributed by atoms with Crippen molar-refractivity contribution < 1.29 is 67.9 Å². The number of hydrogen-bond acceptors (Lipinski definition) is 10. The van der Waals surface area contributed by atoms with Crippen molar-refractivity contribution in [3.05, 3.63) is 53.9 Å². The SMILES string of the molecule is CC(COc1ccc(-c2noc(CN3C(=O)N(CCC4CCOCC4)C4(CCN(C(=O)c5cncnc5)CC4)C3=O)n2)cc1C(F)(F)F)(C(F)(F)F)C(F)(F)F. The molecule has 0 saturated carbocycles. The molecular formula is C34H34F9N7O6. The summed E-state index contributed by atoms with van der Waals surface area (Å²) >= 11 is 0. The second-order valence-electron chi connectivity index (χ2n) is 14.0. The summed E-state index contributed by atoms with van der Waals surface area (Å²) in [5.41, 5.74) is -7.70.